The highest BCUT2D eigenvalue weighted by molar-refractivity contribution is 7.99. The van der Waals surface area contributed by atoms with Crippen LogP contribution in [0.5, 0.6) is 0 Å². The summed E-state index contributed by atoms with van der Waals surface area (Å²) < 4.78 is 7.16. The highest BCUT2D eigenvalue weighted by Gasteiger charge is 2.16. The summed E-state index contributed by atoms with van der Waals surface area (Å²) >= 11 is 1.07. The van der Waals surface area contributed by atoms with E-state index in [1.807, 2.05) is 4.57 Å². The van der Waals surface area contributed by atoms with Gasteiger partial charge in [-0.1, -0.05) is 11.8 Å². The van der Waals surface area contributed by atoms with E-state index < -0.39 is 5.97 Å². The first-order valence-electron chi connectivity index (χ1n) is 6.15. The second-order valence-electron chi connectivity index (χ2n) is 4.44. The molecule has 2 heterocycles. The van der Waals surface area contributed by atoms with Gasteiger partial charge in [-0.15, -0.1) is 0 Å². The van der Waals surface area contributed by atoms with E-state index in [4.69, 9.17) is 9.84 Å². The molecule has 0 spiro atoms. The van der Waals surface area contributed by atoms with E-state index in [0.29, 0.717) is 11.1 Å². The minimum Gasteiger partial charge on any atom is -0.481 e. The molecule has 0 amide bonds. The van der Waals surface area contributed by atoms with E-state index >= 15 is 0 Å². The van der Waals surface area contributed by atoms with Crippen molar-refractivity contribution in [2.45, 2.75) is 24.5 Å². The van der Waals surface area contributed by atoms with Gasteiger partial charge in [0, 0.05) is 32.0 Å². The summed E-state index contributed by atoms with van der Waals surface area (Å²) in [5, 5.41) is 9.15. The summed E-state index contributed by atoms with van der Waals surface area (Å²) in [6, 6.07) is 1.40. The van der Waals surface area contributed by atoms with Crippen molar-refractivity contribution < 1.29 is 14.6 Å². The normalized spacial score (nSPS) is 18.6. The maximum atomic E-state index is 11.2. The molecule has 1 aromatic heterocycles. The molecule has 0 aliphatic carbocycles. The van der Waals surface area contributed by atoms with Gasteiger partial charge in [-0.2, -0.15) is 4.98 Å². The van der Waals surface area contributed by atoms with Crippen LogP contribution in [0.15, 0.2) is 22.2 Å². The zero-order chi connectivity index (χ0) is 13.7. The molecule has 0 bridgehead atoms. The van der Waals surface area contributed by atoms with E-state index in [9.17, 15) is 9.59 Å². The van der Waals surface area contributed by atoms with Gasteiger partial charge >= 0.3 is 5.97 Å². The van der Waals surface area contributed by atoms with Gasteiger partial charge in [0.05, 0.1) is 5.75 Å². The minimum atomic E-state index is -0.918. The van der Waals surface area contributed by atoms with E-state index in [1.54, 1.807) is 6.20 Å². The highest BCUT2D eigenvalue weighted by atomic mass is 32.2. The van der Waals surface area contributed by atoms with Gasteiger partial charge in [0.15, 0.2) is 5.16 Å². The molecular formula is C12H16N2O4S. The number of hydrogen-bond acceptors (Lipinski definition) is 5. The lowest BCUT2D eigenvalue weighted by molar-refractivity contribution is -0.133. The second-order valence-corrected chi connectivity index (χ2v) is 5.38. The maximum absolute atomic E-state index is 11.2. The maximum Gasteiger partial charge on any atom is 0.313 e. The van der Waals surface area contributed by atoms with E-state index in [0.717, 1.165) is 44.4 Å². The number of nitrogens with zero attached hydrogens (tertiary/aromatic N) is 2. The molecule has 1 aliphatic rings. The molecule has 7 heteroatoms. The summed E-state index contributed by atoms with van der Waals surface area (Å²) in [6.45, 7) is 2.32. The van der Waals surface area contributed by atoms with Gasteiger partial charge in [0.2, 0.25) is 0 Å². The summed E-state index contributed by atoms with van der Waals surface area (Å²) in [5.41, 5.74) is -0.340. The Kier molecular flexibility index (Phi) is 4.98. The zero-order valence-electron chi connectivity index (χ0n) is 10.4. The van der Waals surface area contributed by atoms with Gasteiger partial charge in [-0.25, -0.2) is 0 Å². The summed E-state index contributed by atoms with van der Waals surface area (Å²) in [7, 11) is 0. The van der Waals surface area contributed by atoms with Crippen molar-refractivity contribution >= 4 is 17.7 Å². The van der Waals surface area contributed by atoms with E-state index in [2.05, 4.69) is 4.98 Å². The molecule has 1 N–H and O–H groups in total. The van der Waals surface area contributed by atoms with Crippen LogP contribution in [0.1, 0.15) is 12.8 Å². The predicted octanol–water partition coefficient (Wildman–Crippen LogP) is 0.847. The quantitative estimate of drug-likeness (QED) is 0.616. The Bertz CT molecular complexity index is 497. The predicted molar refractivity (Wildman–Crippen MR) is 70.4 cm³/mol. The number of aromatic nitrogens is 2. The molecule has 0 saturated carbocycles. The third kappa shape index (κ3) is 4.36. The highest BCUT2D eigenvalue weighted by Crippen LogP contribution is 2.19. The van der Waals surface area contributed by atoms with Gasteiger partial charge in [-0.3, -0.25) is 9.59 Å². The molecule has 1 saturated heterocycles. The zero-order valence-corrected chi connectivity index (χ0v) is 11.3. The van der Waals surface area contributed by atoms with Crippen LogP contribution < -0.4 is 5.56 Å². The SMILES string of the molecule is O=C(O)CSc1nc(=O)ccn1CCC1CCOC1. The van der Waals surface area contributed by atoms with Gasteiger partial charge in [0.1, 0.15) is 0 Å². The Morgan fingerprint density at radius 1 is 1.63 bits per heavy atom. The first-order valence-corrected chi connectivity index (χ1v) is 7.13. The molecule has 2 rings (SSSR count). The fraction of sp³-hybridized carbons (Fsp3) is 0.583. The van der Waals surface area contributed by atoms with Crippen LogP contribution in [0.2, 0.25) is 0 Å². The fourth-order valence-corrected chi connectivity index (χ4v) is 2.68. The van der Waals surface area contributed by atoms with Crippen LogP contribution in [-0.4, -0.2) is 39.6 Å². The van der Waals surface area contributed by atoms with Crippen LogP contribution in [0.4, 0.5) is 0 Å². The molecular weight excluding hydrogens is 268 g/mol. The molecule has 0 aromatic carbocycles. The van der Waals surface area contributed by atoms with Crippen LogP contribution in [0.3, 0.4) is 0 Å². The molecule has 1 atom stereocenters. The van der Waals surface area contributed by atoms with Crippen molar-refractivity contribution in [2.24, 2.45) is 5.92 Å². The number of carboxylic acids is 1. The standard InChI is InChI=1S/C12H16N2O4S/c15-10-2-5-14(4-1-9-3-6-18-7-9)12(13-10)19-8-11(16)17/h2,5,9H,1,3-4,6-8H2,(H,16,17). The molecule has 104 valence electrons. The van der Waals surface area contributed by atoms with Crippen molar-refractivity contribution in [3.8, 4) is 0 Å². The number of rotatable bonds is 6. The molecule has 1 aliphatic heterocycles. The number of aliphatic carboxylic acids is 1. The number of carbonyl (C=O) groups is 1. The van der Waals surface area contributed by atoms with Crippen molar-refractivity contribution in [2.75, 3.05) is 19.0 Å². The summed E-state index contributed by atoms with van der Waals surface area (Å²) in [4.78, 5) is 25.7. The van der Waals surface area contributed by atoms with Crippen LogP contribution in [0, 0.1) is 5.92 Å². The largest absolute Gasteiger partial charge is 0.481 e. The lowest BCUT2D eigenvalue weighted by Crippen LogP contribution is -2.16. The topological polar surface area (TPSA) is 81.4 Å². The van der Waals surface area contributed by atoms with Crippen molar-refractivity contribution in [1.82, 2.24) is 9.55 Å². The molecule has 19 heavy (non-hydrogen) atoms. The Labute approximate surface area is 114 Å². The lowest BCUT2D eigenvalue weighted by atomic mass is 10.1. The number of aryl methyl sites for hydroxylation is 1. The van der Waals surface area contributed by atoms with Crippen LogP contribution in [0.25, 0.3) is 0 Å². The Morgan fingerprint density at radius 2 is 2.47 bits per heavy atom. The van der Waals surface area contributed by atoms with E-state index in [-0.39, 0.29) is 11.3 Å². The monoisotopic (exact) mass is 284 g/mol. The molecule has 1 aromatic rings. The molecule has 1 fully saturated rings. The second kappa shape index (κ2) is 6.72. The number of hydrogen-bond donors (Lipinski definition) is 1. The lowest BCUT2D eigenvalue weighted by Gasteiger charge is -2.13. The fourth-order valence-electron chi connectivity index (χ4n) is 1.96. The average Bonchev–Trinajstić information content (AvgIpc) is 2.88. The number of carboxylic acid groups (broad SMARTS) is 1. The van der Waals surface area contributed by atoms with Crippen molar-refractivity contribution in [3.05, 3.63) is 22.6 Å². The van der Waals surface area contributed by atoms with Crippen LogP contribution >= 0.6 is 11.8 Å². The molecule has 0 radical (unpaired) electrons. The van der Waals surface area contributed by atoms with Gasteiger partial charge in [-0.05, 0) is 18.8 Å². The average molecular weight is 284 g/mol. The van der Waals surface area contributed by atoms with Crippen LogP contribution in [-0.2, 0) is 16.1 Å². The molecule has 1 unspecified atom stereocenters. The van der Waals surface area contributed by atoms with Crippen molar-refractivity contribution in [3.63, 3.8) is 0 Å². The Hall–Kier alpha value is -1.34. The third-order valence-electron chi connectivity index (χ3n) is 2.98. The number of ether oxygens (including phenoxy) is 1. The summed E-state index contributed by atoms with van der Waals surface area (Å²) in [5.74, 6) is -0.473. The Morgan fingerprint density at radius 3 is 3.16 bits per heavy atom. The summed E-state index contributed by atoms with van der Waals surface area (Å²) in [6.07, 6.45) is 3.69. The number of thioether (sulfide) groups is 1. The first kappa shape index (κ1) is 14.1. The minimum absolute atomic E-state index is 0.0943. The third-order valence-corrected chi connectivity index (χ3v) is 3.95. The molecule has 6 nitrogen and oxygen atoms in total. The van der Waals surface area contributed by atoms with Gasteiger partial charge in [0.25, 0.3) is 5.56 Å². The van der Waals surface area contributed by atoms with Crippen molar-refractivity contribution in [1.29, 1.82) is 0 Å². The Balaban J connectivity index is 2.00. The first-order chi connectivity index (χ1) is 9.15. The van der Waals surface area contributed by atoms with E-state index in [1.165, 1.54) is 6.07 Å². The van der Waals surface area contributed by atoms with Gasteiger partial charge < -0.3 is 14.4 Å². The smallest absolute Gasteiger partial charge is 0.313 e.